The number of nitrogens with one attached hydrogen (secondary N) is 1. The van der Waals surface area contributed by atoms with Crippen molar-refractivity contribution in [2.75, 3.05) is 38.1 Å². The first-order chi connectivity index (χ1) is 11.6. The van der Waals surface area contributed by atoms with Crippen LogP contribution < -0.4 is 10.2 Å². The van der Waals surface area contributed by atoms with Gasteiger partial charge in [0.15, 0.2) is 0 Å². The molecule has 2 heterocycles. The third-order valence-corrected chi connectivity index (χ3v) is 4.36. The van der Waals surface area contributed by atoms with E-state index in [0.29, 0.717) is 18.2 Å². The zero-order valence-corrected chi connectivity index (χ0v) is 14.2. The predicted molar refractivity (Wildman–Crippen MR) is 94.1 cm³/mol. The Balaban J connectivity index is 1.65. The minimum absolute atomic E-state index is 0.170. The zero-order valence-electron chi connectivity index (χ0n) is 14.2. The number of aromatic nitrogens is 2. The number of hydrogen-bond donors (Lipinski definition) is 1. The van der Waals surface area contributed by atoms with Crippen LogP contribution in [0.1, 0.15) is 21.6 Å². The van der Waals surface area contributed by atoms with Crippen LogP contribution in [0.4, 0.5) is 5.95 Å². The summed E-state index contributed by atoms with van der Waals surface area (Å²) < 4.78 is 0. The van der Waals surface area contributed by atoms with Gasteiger partial charge in [0.25, 0.3) is 5.91 Å². The largest absolute Gasteiger partial charge is 0.347 e. The van der Waals surface area contributed by atoms with Crippen LogP contribution in [0.2, 0.25) is 0 Å². The quantitative estimate of drug-likeness (QED) is 0.922. The van der Waals surface area contributed by atoms with E-state index in [4.69, 9.17) is 0 Å². The number of anilines is 1. The topological polar surface area (TPSA) is 61.4 Å². The van der Waals surface area contributed by atoms with Crippen LogP contribution >= 0.6 is 0 Å². The fraction of sp³-hybridized carbons (Fsp3) is 0.389. The monoisotopic (exact) mass is 325 g/mol. The average Bonchev–Trinajstić information content (AvgIpc) is 2.61. The molecule has 0 radical (unpaired) electrons. The van der Waals surface area contributed by atoms with Gasteiger partial charge in [0.2, 0.25) is 5.95 Å². The summed E-state index contributed by atoms with van der Waals surface area (Å²) in [6.07, 6.45) is 1.66. The molecule has 1 aliphatic rings. The molecule has 6 nitrogen and oxygen atoms in total. The van der Waals surface area contributed by atoms with Gasteiger partial charge >= 0.3 is 0 Å². The molecule has 24 heavy (non-hydrogen) atoms. The summed E-state index contributed by atoms with van der Waals surface area (Å²) in [4.78, 5) is 25.5. The van der Waals surface area contributed by atoms with E-state index in [-0.39, 0.29) is 5.91 Å². The maximum Gasteiger partial charge on any atom is 0.270 e. The normalized spacial score (nSPS) is 15.3. The number of rotatable bonds is 4. The Morgan fingerprint density at radius 3 is 2.67 bits per heavy atom. The highest BCUT2D eigenvalue weighted by Gasteiger charge is 2.18. The van der Waals surface area contributed by atoms with Crippen LogP contribution in [0, 0.1) is 6.92 Å². The molecular weight excluding hydrogens is 302 g/mol. The highest BCUT2D eigenvalue weighted by atomic mass is 16.1. The van der Waals surface area contributed by atoms with E-state index in [9.17, 15) is 4.79 Å². The van der Waals surface area contributed by atoms with Crippen molar-refractivity contribution in [3.8, 4) is 0 Å². The van der Waals surface area contributed by atoms with Crippen LogP contribution in [-0.4, -0.2) is 54.0 Å². The van der Waals surface area contributed by atoms with Gasteiger partial charge in [-0.1, -0.05) is 24.3 Å². The molecule has 2 aromatic rings. The lowest BCUT2D eigenvalue weighted by molar-refractivity contribution is 0.0945. The third kappa shape index (κ3) is 3.89. The molecule has 1 fully saturated rings. The van der Waals surface area contributed by atoms with Crippen molar-refractivity contribution in [3.05, 3.63) is 53.3 Å². The van der Waals surface area contributed by atoms with Crippen molar-refractivity contribution in [3.63, 3.8) is 0 Å². The summed E-state index contributed by atoms with van der Waals surface area (Å²) >= 11 is 0. The number of carbonyl (C=O) groups is 1. The molecule has 126 valence electrons. The van der Waals surface area contributed by atoms with Crippen LogP contribution in [0.3, 0.4) is 0 Å². The lowest BCUT2D eigenvalue weighted by Crippen LogP contribution is -2.45. The molecule has 1 aromatic heterocycles. The molecule has 0 atom stereocenters. The highest BCUT2D eigenvalue weighted by Crippen LogP contribution is 2.11. The average molecular weight is 325 g/mol. The van der Waals surface area contributed by atoms with Gasteiger partial charge in [-0.25, -0.2) is 9.97 Å². The number of likely N-dealkylation sites (N-methyl/N-ethyl adjacent to an activating group) is 1. The molecule has 0 unspecified atom stereocenters. The standard InChI is InChI=1S/C18H23N5O/c1-14-5-3-4-6-15(14)13-20-17(24)16-7-8-19-18(21-16)23-11-9-22(2)10-12-23/h3-8H,9-13H2,1-2H3,(H,20,24). The first kappa shape index (κ1) is 16.4. The van der Waals surface area contributed by atoms with E-state index in [2.05, 4.69) is 32.1 Å². The Labute approximate surface area is 142 Å². The summed E-state index contributed by atoms with van der Waals surface area (Å²) in [5, 5.41) is 2.94. The number of hydrogen-bond acceptors (Lipinski definition) is 5. The molecule has 1 aliphatic heterocycles. The van der Waals surface area contributed by atoms with E-state index in [1.165, 1.54) is 5.56 Å². The van der Waals surface area contributed by atoms with Gasteiger partial charge in [-0.15, -0.1) is 0 Å². The van der Waals surface area contributed by atoms with Gasteiger partial charge in [0.05, 0.1) is 0 Å². The maximum absolute atomic E-state index is 12.4. The number of aryl methyl sites for hydroxylation is 1. The summed E-state index contributed by atoms with van der Waals surface area (Å²) in [7, 11) is 2.10. The van der Waals surface area contributed by atoms with E-state index >= 15 is 0 Å². The second-order valence-electron chi connectivity index (χ2n) is 6.14. The Hall–Kier alpha value is -2.47. The minimum Gasteiger partial charge on any atom is -0.347 e. The number of amides is 1. The first-order valence-electron chi connectivity index (χ1n) is 8.23. The van der Waals surface area contributed by atoms with Crippen LogP contribution in [0.25, 0.3) is 0 Å². The molecule has 1 aromatic carbocycles. The van der Waals surface area contributed by atoms with Crippen LogP contribution in [0.15, 0.2) is 36.5 Å². The number of carbonyl (C=O) groups excluding carboxylic acids is 1. The van der Waals surface area contributed by atoms with Crippen LogP contribution in [-0.2, 0) is 6.54 Å². The summed E-state index contributed by atoms with van der Waals surface area (Å²) in [6.45, 7) is 6.26. The van der Waals surface area contributed by atoms with Gasteiger partial charge < -0.3 is 15.1 Å². The molecule has 1 saturated heterocycles. The van der Waals surface area contributed by atoms with Crippen molar-refractivity contribution < 1.29 is 4.79 Å². The van der Waals surface area contributed by atoms with Crippen molar-refractivity contribution >= 4 is 11.9 Å². The van der Waals surface area contributed by atoms with Gasteiger partial charge in [0.1, 0.15) is 5.69 Å². The summed E-state index contributed by atoms with van der Waals surface area (Å²) in [6, 6.07) is 9.69. The van der Waals surface area contributed by atoms with Crippen molar-refractivity contribution in [1.29, 1.82) is 0 Å². The van der Waals surface area contributed by atoms with E-state index in [0.717, 1.165) is 31.7 Å². The van der Waals surface area contributed by atoms with E-state index in [1.54, 1.807) is 12.3 Å². The lowest BCUT2D eigenvalue weighted by Gasteiger charge is -2.32. The molecule has 1 amide bonds. The van der Waals surface area contributed by atoms with Crippen LogP contribution in [0.5, 0.6) is 0 Å². The molecule has 6 heteroatoms. The second-order valence-corrected chi connectivity index (χ2v) is 6.14. The Morgan fingerprint density at radius 1 is 1.17 bits per heavy atom. The molecule has 0 saturated carbocycles. The van der Waals surface area contributed by atoms with Gasteiger partial charge in [0, 0.05) is 38.9 Å². The molecule has 1 N–H and O–H groups in total. The van der Waals surface area contributed by atoms with Crippen molar-refractivity contribution in [1.82, 2.24) is 20.2 Å². The maximum atomic E-state index is 12.4. The van der Waals surface area contributed by atoms with Crippen molar-refractivity contribution in [2.24, 2.45) is 0 Å². The number of nitrogens with zero attached hydrogens (tertiary/aromatic N) is 4. The van der Waals surface area contributed by atoms with Gasteiger partial charge in [-0.3, -0.25) is 4.79 Å². The Morgan fingerprint density at radius 2 is 1.92 bits per heavy atom. The molecule has 0 bridgehead atoms. The highest BCUT2D eigenvalue weighted by molar-refractivity contribution is 5.92. The predicted octanol–water partition coefficient (Wildman–Crippen LogP) is 1.47. The zero-order chi connectivity index (χ0) is 16.9. The van der Waals surface area contributed by atoms with Crippen molar-refractivity contribution in [2.45, 2.75) is 13.5 Å². The fourth-order valence-electron chi connectivity index (χ4n) is 2.71. The third-order valence-electron chi connectivity index (χ3n) is 4.36. The SMILES string of the molecule is Cc1ccccc1CNC(=O)c1ccnc(N2CCN(C)CC2)n1. The fourth-order valence-corrected chi connectivity index (χ4v) is 2.71. The Kier molecular flexibility index (Phi) is 5.05. The molecule has 0 aliphatic carbocycles. The number of benzene rings is 1. The van der Waals surface area contributed by atoms with E-state index < -0.39 is 0 Å². The lowest BCUT2D eigenvalue weighted by atomic mass is 10.1. The first-order valence-corrected chi connectivity index (χ1v) is 8.23. The van der Waals surface area contributed by atoms with E-state index in [1.807, 2.05) is 31.2 Å². The van der Waals surface area contributed by atoms with Gasteiger partial charge in [-0.05, 0) is 31.2 Å². The summed E-state index contributed by atoms with van der Waals surface area (Å²) in [5.74, 6) is 0.461. The Bertz CT molecular complexity index is 710. The molecular formula is C18H23N5O. The molecule has 0 spiro atoms. The number of piperazine rings is 1. The molecule has 3 rings (SSSR count). The van der Waals surface area contributed by atoms with Gasteiger partial charge in [-0.2, -0.15) is 0 Å². The minimum atomic E-state index is -0.170. The summed E-state index contributed by atoms with van der Waals surface area (Å²) in [5.41, 5.74) is 2.69. The smallest absolute Gasteiger partial charge is 0.270 e. The second kappa shape index (κ2) is 7.40.